The van der Waals surface area contributed by atoms with Crippen LogP contribution in [0.1, 0.15) is 12.6 Å². The van der Waals surface area contributed by atoms with Gasteiger partial charge < -0.3 is 9.47 Å². The number of esters is 1. The molecule has 0 saturated carbocycles. The van der Waals surface area contributed by atoms with E-state index in [-0.39, 0.29) is 31.6 Å². The molecule has 0 radical (unpaired) electrons. The number of aromatic nitrogens is 3. The number of nitrogens with zero attached hydrogens (tertiary/aromatic N) is 4. The highest BCUT2D eigenvalue weighted by atomic mass is 16.5. The highest BCUT2D eigenvalue weighted by molar-refractivity contribution is 5.97. The Balaban J connectivity index is 1.73. The van der Waals surface area contributed by atoms with Crippen LogP contribution in [0.25, 0.3) is 0 Å². The fourth-order valence-corrected chi connectivity index (χ4v) is 2.32. The van der Waals surface area contributed by atoms with E-state index in [0.717, 1.165) is 0 Å². The van der Waals surface area contributed by atoms with Gasteiger partial charge in [0.15, 0.2) is 6.61 Å². The Hall–Kier alpha value is -2.90. The van der Waals surface area contributed by atoms with Gasteiger partial charge >= 0.3 is 5.97 Å². The lowest BCUT2D eigenvalue weighted by molar-refractivity contribution is -0.144. The molecule has 1 aliphatic heterocycles. The van der Waals surface area contributed by atoms with Crippen LogP contribution in [0.5, 0.6) is 5.75 Å². The van der Waals surface area contributed by atoms with Gasteiger partial charge in [-0.15, -0.1) is 5.10 Å². The molecule has 0 N–H and O–H groups in total. The summed E-state index contributed by atoms with van der Waals surface area (Å²) in [6.07, 6.45) is 1.63. The molecule has 8 nitrogen and oxygen atoms in total. The van der Waals surface area contributed by atoms with Crippen LogP contribution in [0.3, 0.4) is 0 Å². The van der Waals surface area contributed by atoms with Crippen molar-refractivity contribution in [2.75, 3.05) is 18.1 Å². The van der Waals surface area contributed by atoms with Gasteiger partial charge in [0.2, 0.25) is 0 Å². The summed E-state index contributed by atoms with van der Waals surface area (Å²) in [5.74, 6) is 0.131. The van der Waals surface area contributed by atoms with E-state index in [1.807, 2.05) is 24.3 Å². The van der Waals surface area contributed by atoms with Crippen molar-refractivity contribution in [3.05, 3.63) is 36.2 Å². The Kier molecular flexibility index (Phi) is 4.22. The van der Waals surface area contributed by atoms with Crippen LogP contribution in [0.4, 0.5) is 5.69 Å². The Morgan fingerprint density at radius 2 is 2.22 bits per heavy atom. The van der Waals surface area contributed by atoms with Crippen LogP contribution >= 0.6 is 0 Å². The minimum atomic E-state index is -0.378. The van der Waals surface area contributed by atoms with Gasteiger partial charge in [0, 0.05) is 0 Å². The molecule has 0 fully saturated rings. The van der Waals surface area contributed by atoms with Crippen LogP contribution in [0, 0.1) is 0 Å². The molecule has 1 aromatic heterocycles. The molecule has 0 bridgehead atoms. The highest BCUT2D eigenvalue weighted by Gasteiger charge is 2.26. The van der Waals surface area contributed by atoms with E-state index < -0.39 is 0 Å². The van der Waals surface area contributed by atoms with Crippen LogP contribution in [-0.4, -0.2) is 40.1 Å². The summed E-state index contributed by atoms with van der Waals surface area (Å²) < 4.78 is 11.6. The molecule has 0 unspecified atom stereocenters. The lowest BCUT2D eigenvalue weighted by atomic mass is 10.2. The molecule has 0 spiro atoms. The summed E-state index contributed by atoms with van der Waals surface area (Å²) in [7, 11) is 0. The third-order valence-corrected chi connectivity index (χ3v) is 3.31. The van der Waals surface area contributed by atoms with Crippen molar-refractivity contribution in [2.24, 2.45) is 0 Å². The van der Waals surface area contributed by atoms with E-state index in [2.05, 4.69) is 10.3 Å². The number of hydrogen-bond acceptors (Lipinski definition) is 6. The first-order chi connectivity index (χ1) is 11.2. The zero-order valence-electron chi connectivity index (χ0n) is 12.6. The van der Waals surface area contributed by atoms with Crippen LogP contribution in [0.2, 0.25) is 0 Å². The monoisotopic (exact) mass is 316 g/mol. The standard InChI is InChI=1S/C15H16N4O4/c1-2-22-15(21)9-18-7-11(16-17-18)8-19-12-5-3-4-6-13(12)23-10-14(19)20/h3-7H,2,8-10H2,1H3. The van der Waals surface area contributed by atoms with Gasteiger partial charge in [-0.05, 0) is 19.1 Å². The van der Waals surface area contributed by atoms with Crippen LogP contribution in [-0.2, 0) is 27.4 Å². The zero-order valence-corrected chi connectivity index (χ0v) is 12.6. The number of para-hydroxylation sites is 2. The minimum Gasteiger partial charge on any atom is -0.482 e. The Morgan fingerprint density at radius 3 is 3.04 bits per heavy atom. The van der Waals surface area contributed by atoms with Crippen molar-refractivity contribution in [1.29, 1.82) is 0 Å². The van der Waals surface area contributed by atoms with Crippen molar-refractivity contribution < 1.29 is 19.1 Å². The molecule has 8 heteroatoms. The average molecular weight is 316 g/mol. The zero-order chi connectivity index (χ0) is 16.2. The summed E-state index contributed by atoms with van der Waals surface area (Å²) in [6, 6.07) is 7.32. The smallest absolute Gasteiger partial charge is 0.327 e. The third kappa shape index (κ3) is 3.31. The molecule has 0 saturated heterocycles. The molecule has 23 heavy (non-hydrogen) atoms. The molecule has 120 valence electrons. The fourth-order valence-electron chi connectivity index (χ4n) is 2.32. The lowest BCUT2D eigenvalue weighted by Gasteiger charge is -2.28. The summed E-state index contributed by atoms with van der Waals surface area (Å²) in [6.45, 7) is 2.32. The average Bonchev–Trinajstić information content (AvgIpc) is 2.97. The summed E-state index contributed by atoms with van der Waals surface area (Å²) in [5.41, 5.74) is 1.28. The van der Waals surface area contributed by atoms with E-state index in [4.69, 9.17) is 9.47 Å². The molecule has 2 aromatic rings. The quantitative estimate of drug-likeness (QED) is 0.757. The second kappa shape index (κ2) is 6.47. The second-order valence-corrected chi connectivity index (χ2v) is 4.95. The van der Waals surface area contributed by atoms with E-state index in [9.17, 15) is 9.59 Å². The highest BCUT2D eigenvalue weighted by Crippen LogP contribution is 2.32. The molecule has 1 amide bonds. The number of anilines is 1. The Labute approximate surface area is 132 Å². The number of benzene rings is 1. The number of ether oxygens (including phenoxy) is 2. The molecular formula is C15H16N4O4. The summed E-state index contributed by atoms with van der Waals surface area (Å²) >= 11 is 0. The minimum absolute atomic E-state index is 0.00547. The van der Waals surface area contributed by atoms with Gasteiger partial charge in [0.25, 0.3) is 5.91 Å². The summed E-state index contributed by atoms with van der Waals surface area (Å²) in [5, 5.41) is 7.88. The van der Waals surface area contributed by atoms with Gasteiger partial charge in [-0.25, -0.2) is 4.68 Å². The Bertz CT molecular complexity index is 728. The molecule has 1 aliphatic rings. The lowest BCUT2D eigenvalue weighted by Crippen LogP contribution is -2.38. The van der Waals surface area contributed by atoms with E-state index in [1.54, 1.807) is 18.0 Å². The van der Waals surface area contributed by atoms with Crippen molar-refractivity contribution in [3.8, 4) is 5.75 Å². The van der Waals surface area contributed by atoms with E-state index in [0.29, 0.717) is 23.7 Å². The number of fused-ring (bicyclic) bond motifs is 1. The van der Waals surface area contributed by atoms with Crippen LogP contribution < -0.4 is 9.64 Å². The molecule has 3 rings (SSSR count). The first kappa shape index (κ1) is 15.0. The van der Waals surface area contributed by atoms with Gasteiger partial charge in [0.05, 0.1) is 25.0 Å². The maximum Gasteiger partial charge on any atom is 0.327 e. The predicted octanol–water partition coefficient (Wildman–Crippen LogP) is 0.767. The third-order valence-electron chi connectivity index (χ3n) is 3.31. The second-order valence-electron chi connectivity index (χ2n) is 4.95. The van der Waals surface area contributed by atoms with Gasteiger partial charge in [0.1, 0.15) is 18.0 Å². The predicted molar refractivity (Wildman–Crippen MR) is 79.8 cm³/mol. The number of carbonyl (C=O) groups excluding carboxylic acids is 2. The number of hydrogen-bond donors (Lipinski definition) is 0. The normalized spacial score (nSPS) is 13.4. The van der Waals surface area contributed by atoms with Gasteiger partial charge in [-0.1, -0.05) is 17.3 Å². The topological polar surface area (TPSA) is 86.5 Å². The SMILES string of the molecule is CCOC(=O)Cn1cc(CN2C(=O)COc3ccccc32)nn1. The number of rotatable bonds is 5. The first-order valence-electron chi connectivity index (χ1n) is 7.24. The van der Waals surface area contributed by atoms with Crippen molar-refractivity contribution in [3.63, 3.8) is 0 Å². The number of carbonyl (C=O) groups is 2. The molecular weight excluding hydrogens is 300 g/mol. The van der Waals surface area contributed by atoms with Crippen LogP contribution in [0.15, 0.2) is 30.5 Å². The van der Waals surface area contributed by atoms with Crippen molar-refractivity contribution in [1.82, 2.24) is 15.0 Å². The van der Waals surface area contributed by atoms with Crippen molar-refractivity contribution in [2.45, 2.75) is 20.0 Å². The molecule has 1 aromatic carbocycles. The van der Waals surface area contributed by atoms with Crippen molar-refractivity contribution >= 4 is 17.6 Å². The Morgan fingerprint density at radius 1 is 1.39 bits per heavy atom. The largest absolute Gasteiger partial charge is 0.482 e. The van der Waals surface area contributed by atoms with Gasteiger partial charge in [-0.2, -0.15) is 0 Å². The maximum atomic E-state index is 12.1. The first-order valence-corrected chi connectivity index (χ1v) is 7.24. The maximum absolute atomic E-state index is 12.1. The van der Waals surface area contributed by atoms with E-state index in [1.165, 1.54) is 4.68 Å². The number of amides is 1. The molecule has 0 atom stereocenters. The van der Waals surface area contributed by atoms with E-state index >= 15 is 0 Å². The van der Waals surface area contributed by atoms with Gasteiger partial charge in [-0.3, -0.25) is 14.5 Å². The molecule has 0 aliphatic carbocycles. The summed E-state index contributed by atoms with van der Waals surface area (Å²) in [4.78, 5) is 25.1. The molecule has 2 heterocycles. The fraction of sp³-hybridized carbons (Fsp3) is 0.333.